The quantitative estimate of drug-likeness (QED) is 0.354. The van der Waals surface area contributed by atoms with E-state index in [1.807, 2.05) is 19.1 Å². The molecule has 0 bridgehead atoms. The molecule has 0 unspecified atom stereocenters. The van der Waals surface area contributed by atoms with Gasteiger partial charge in [-0.05, 0) is 67.4 Å². The first kappa shape index (κ1) is 29.0. The molecule has 0 saturated heterocycles. The molecule has 8 nitrogen and oxygen atoms in total. The molecule has 3 rings (SSSR count). The van der Waals surface area contributed by atoms with Crippen LogP contribution >= 0.6 is 11.6 Å². The molecule has 10 heteroatoms. The minimum atomic E-state index is -4.13. The number of para-hydroxylation sites is 1. The highest BCUT2D eigenvalue weighted by Gasteiger charge is 2.33. The lowest BCUT2D eigenvalue weighted by Crippen LogP contribution is -2.52. The molecule has 1 atom stereocenters. The molecular weight excluding hydrogens is 526 g/mol. The van der Waals surface area contributed by atoms with E-state index in [0.717, 1.165) is 9.87 Å². The molecule has 3 aromatic rings. The molecule has 202 valence electrons. The van der Waals surface area contributed by atoms with Crippen molar-refractivity contribution in [1.29, 1.82) is 0 Å². The first-order valence-corrected chi connectivity index (χ1v) is 14.1. The zero-order chi connectivity index (χ0) is 27.7. The molecule has 0 aromatic heterocycles. The lowest BCUT2D eigenvalue weighted by atomic mass is 10.1. The minimum Gasteiger partial charge on any atom is -0.497 e. The lowest BCUT2D eigenvalue weighted by Gasteiger charge is -2.33. The number of hydrogen-bond acceptors (Lipinski definition) is 5. The van der Waals surface area contributed by atoms with Gasteiger partial charge in [-0.15, -0.1) is 0 Å². The zero-order valence-electron chi connectivity index (χ0n) is 21.6. The molecular formula is C28H32ClN3O5S. The smallest absolute Gasteiger partial charge is 0.264 e. The van der Waals surface area contributed by atoms with Gasteiger partial charge in [-0.1, -0.05) is 48.9 Å². The molecule has 0 fully saturated rings. The molecule has 3 aromatic carbocycles. The summed E-state index contributed by atoms with van der Waals surface area (Å²) in [6.45, 7) is 3.63. The molecule has 0 aliphatic rings. The largest absolute Gasteiger partial charge is 0.497 e. The van der Waals surface area contributed by atoms with E-state index in [1.54, 1.807) is 56.5 Å². The van der Waals surface area contributed by atoms with Gasteiger partial charge in [-0.3, -0.25) is 13.9 Å². The normalized spacial score (nSPS) is 11.9. The average molecular weight is 558 g/mol. The Hall–Kier alpha value is -3.56. The monoisotopic (exact) mass is 557 g/mol. The number of sulfonamides is 1. The molecule has 1 N–H and O–H groups in total. The van der Waals surface area contributed by atoms with Gasteiger partial charge in [-0.25, -0.2) is 8.42 Å². The van der Waals surface area contributed by atoms with Crippen molar-refractivity contribution in [3.05, 3.63) is 89.4 Å². The number of ether oxygens (including phenoxy) is 1. The fourth-order valence-corrected chi connectivity index (χ4v) is 5.54. The Morgan fingerprint density at radius 1 is 0.947 bits per heavy atom. The maximum atomic E-state index is 13.9. The first-order chi connectivity index (χ1) is 18.2. The second-order valence-electron chi connectivity index (χ2n) is 8.49. The number of carbonyl (C=O) groups is 2. The van der Waals surface area contributed by atoms with Crippen molar-refractivity contribution in [3.63, 3.8) is 0 Å². The van der Waals surface area contributed by atoms with Crippen LogP contribution in [0.3, 0.4) is 0 Å². The van der Waals surface area contributed by atoms with E-state index < -0.39 is 28.5 Å². The fourth-order valence-electron chi connectivity index (χ4n) is 4.00. The van der Waals surface area contributed by atoms with E-state index in [2.05, 4.69) is 5.32 Å². The van der Waals surface area contributed by atoms with Crippen LogP contribution in [0.25, 0.3) is 0 Å². The molecule has 0 heterocycles. The predicted molar refractivity (Wildman–Crippen MR) is 149 cm³/mol. The van der Waals surface area contributed by atoms with Crippen molar-refractivity contribution < 1.29 is 22.7 Å². The van der Waals surface area contributed by atoms with Crippen molar-refractivity contribution in [2.24, 2.45) is 0 Å². The van der Waals surface area contributed by atoms with E-state index in [4.69, 9.17) is 16.3 Å². The maximum absolute atomic E-state index is 13.9. The van der Waals surface area contributed by atoms with Gasteiger partial charge < -0.3 is 15.0 Å². The van der Waals surface area contributed by atoms with Crippen LogP contribution < -0.4 is 14.4 Å². The number of rotatable bonds is 12. The molecule has 0 aliphatic carbocycles. The summed E-state index contributed by atoms with van der Waals surface area (Å²) in [5.74, 6) is -0.157. The Bertz CT molecular complexity index is 1320. The van der Waals surface area contributed by atoms with Crippen LogP contribution in [0.2, 0.25) is 5.02 Å². The number of halogens is 1. The van der Waals surface area contributed by atoms with Crippen LogP contribution in [0.5, 0.6) is 5.75 Å². The van der Waals surface area contributed by atoms with Crippen LogP contribution in [-0.4, -0.2) is 51.4 Å². The number of anilines is 1. The number of nitrogens with one attached hydrogen (secondary N) is 1. The van der Waals surface area contributed by atoms with Crippen LogP contribution in [-0.2, 0) is 26.2 Å². The first-order valence-electron chi connectivity index (χ1n) is 12.2. The van der Waals surface area contributed by atoms with Gasteiger partial charge in [-0.2, -0.15) is 0 Å². The second-order valence-corrected chi connectivity index (χ2v) is 10.8. The average Bonchev–Trinajstić information content (AvgIpc) is 2.92. The van der Waals surface area contributed by atoms with Gasteiger partial charge in [0, 0.05) is 18.1 Å². The number of benzene rings is 3. The van der Waals surface area contributed by atoms with Crippen molar-refractivity contribution in [2.45, 2.75) is 37.8 Å². The predicted octanol–water partition coefficient (Wildman–Crippen LogP) is 4.49. The number of amides is 2. The Balaban J connectivity index is 2.02. The van der Waals surface area contributed by atoms with Crippen LogP contribution in [0.4, 0.5) is 5.69 Å². The number of likely N-dealkylation sites (N-methyl/N-ethyl adjacent to an activating group) is 1. The lowest BCUT2D eigenvalue weighted by molar-refractivity contribution is -0.140. The standard InChI is InChI=1S/C28H32ClN3O5S/c1-4-26(28(34)30-5-2)31(19-21-11-15-24(37-3)16-12-21)27(33)20-32(23-9-7-6-8-10-23)38(35,36)25-17-13-22(29)14-18-25/h6-18,26H,4-5,19-20H2,1-3H3,(H,30,34)/t26-/m1/s1. The van der Waals surface area contributed by atoms with Crippen molar-refractivity contribution >= 4 is 39.1 Å². The highest BCUT2D eigenvalue weighted by atomic mass is 35.5. The van der Waals surface area contributed by atoms with E-state index in [9.17, 15) is 18.0 Å². The van der Waals surface area contributed by atoms with Gasteiger partial charge in [0.05, 0.1) is 17.7 Å². The molecule has 0 saturated carbocycles. The van der Waals surface area contributed by atoms with E-state index in [0.29, 0.717) is 29.4 Å². The number of methoxy groups -OCH3 is 1. The van der Waals surface area contributed by atoms with Crippen molar-refractivity contribution in [3.8, 4) is 5.75 Å². The van der Waals surface area contributed by atoms with E-state index in [1.165, 1.54) is 29.2 Å². The third kappa shape index (κ3) is 7.05. The van der Waals surface area contributed by atoms with Crippen LogP contribution in [0.15, 0.2) is 83.8 Å². The molecule has 38 heavy (non-hydrogen) atoms. The summed E-state index contributed by atoms with van der Waals surface area (Å²) in [5, 5.41) is 3.18. The third-order valence-corrected chi connectivity index (χ3v) is 8.01. The van der Waals surface area contributed by atoms with Crippen molar-refractivity contribution in [2.75, 3.05) is 24.5 Å². The van der Waals surface area contributed by atoms with Gasteiger partial charge >= 0.3 is 0 Å². The second kappa shape index (κ2) is 13.3. The summed E-state index contributed by atoms with van der Waals surface area (Å²) in [6.07, 6.45) is 0.350. The van der Waals surface area contributed by atoms with Gasteiger partial charge in [0.15, 0.2) is 0 Å². The van der Waals surface area contributed by atoms with E-state index in [-0.39, 0.29) is 17.3 Å². The number of nitrogens with zero attached hydrogens (tertiary/aromatic N) is 2. The summed E-state index contributed by atoms with van der Waals surface area (Å²) < 4.78 is 33.7. The SMILES string of the molecule is CCNC(=O)[C@@H](CC)N(Cc1ccc(OC)cc1)C(=O)CN(c1ccccc1)S(=O)(=O)c1ccc(Cl)cc1. The summed E-state index contributed by atoms with van der Waals surface area (Å²) >= 11 is 5.97. The summed E-state index contributed by atoms with van der Waals surface area (Å²) in [7, 11) is -2.57. The maximum Gasteiger partial charge on any atom is 0.264 e. The highest BCUT2D eigenvalue weighted by molar-refractivity contribution is 7.92. The summed E-state index contributed by atoms with van der Waals surface area (Å²) in [4.78, 5) is 28.3. The highest BCUT2D eigenvalue weighted by Crippen LogP contribution is 2.26. The van der Waals surface area contributed by atoms with Gasteiger partial charge in [0.25, 0.3) is 10.0 Å². The molecule has 2 amide bonds. The Morgan fingerprint density at radius 2 is 1.58 bits per heavy atom. The van der Waals surface area contributed by atoms with E-state index >= 15 is 0 Å². The minimum absolute atomic E-state index is 0.00368. The summed E-state index contributed by atoms with van der Waals surface area (Å²) in [5.41, 5.74) is 1.10. The van der Waals surface area contributed by atoms with Crippen LogP contribution in [0.1, 0.15) is 25.8 Å². The fraction of sp³-hybridized carbons (Fsp3) is 0.286. The number of hydrogen-bond donors (Lipinski definition) is 1. The Labute approximate surface area is 229 Å². The Kier molecular flexibility index (Phi) is 10.2. The van der Waals surface area contributed by atoms with Crippen LogP contribution in [0, 0.1) is 0 Å². The molecule has 0 radical (unpaired) electrons. The molecule has 0 aliphatic heterocycles. The topological polar surface area (TPSA) is 96.0 Å². The van der Waals surface area contributed by atoms with Gasteiger partial charge in [0.2, 0.25) is 11.8 Å². The summed E-state index contributed by atoms with van der Waals surface area (Å²) in [6, 6.07) is 20.5. The third-order valence-electron chi connectivity index (χ3n) is 5.97. The molecule has 0 spiro atoms. The van der Waals surface area contributed by atoms with Gasteiger partial charge in [0.1, 0.15) is 18.3 Å². The number of carbonyl (C=O) groups excluding carboxylic acids is 2. The Morgan fingerprint density at radius 3 is 2.13 bits per heavy atom. The van der Waals surface area contributed by atoms with Crippen molar-refractivity contribution in [1.82, 2.24) is 10.2 Å². The zero-order valence-corrected chi connectivity index (χ0v) is 23.2.